The molecule has 0 spiro atoms. The number of hydrogen-bond donors (Lipinski definition) is 3. The van der Waals surface area contributed by atoms with Gasteiger partial charge >= 0.3 is 11.9 Å². The van der Waals surface area contributed by atoms with E-state index in [0.29, 0.717) is 0 Å². The molecule has 1 atom stereocenters. The van der Waals surface area contributed by atoms with Crippen LogP contribution in [-0.4, -0.2) is 65.5 Å². The molecule has 6 heteroatoms. The van der Waals surface area contributed by atoms with Crippen molar-refractivity contribution < 1.29 is 29.4 Å². The summed E-state index contributed by atoms with van der Waals surface area (Å²) in [5, 5.41) is 24.1. The second-order valence-electron chi connectivity index (χ2n) is 9.77. The Labute approximate surface area is 191 Å². The van der Waals surface area contributed by atoms with Gasteiger partial charge in [-0.05, 0) is 12.8 Å². The first kappa shape index (κ1) is 32.0. The lowest BCUT2D eigenvalue weighted by Crippen LogP contribution is -2.35. The minimum Gasteiger partial charge on any atom is -0.481 e. The lowest BCUT2D eigenvalue weighted by atomic mass is 10.0. The average Bonchev–Trinajstić information content (AvgIpc) is 2.66. The van der Waals surface area contributed by atoms with Gasteiger partial charge in [-0.2, -0.15) is 0 Å². The third-order valence-corrected chi connectivity index (χ3v) is 5.34. The Morgan fingerprint density at radius 2 is 0.968 bits per heavy atom. The van der Waals surface area contributed by atoms with Crippen molar-refractivity contribution in [1.82, 2.24) is 0 Å². The van der Waals surface area contributed by atoms with E-state index in [1.54, 1.807) is 0 Å². The Morgan fingerprint density at radius 3 is 1.19 bits per heavy atom. The van der Waals surface area contributed by atoms with E-state index in [9.17, 15) is 9.59 Å². The second-order valence-corrected chi connectivity index (χ2v) is 9.77. The average molecular weight is 447 g/mol. The first-order chi connectivity index (χ1) is 14.6. The Hall–Kier alpha value is -1.14. The molecule has 186 valence electrons. The van der Waals surface area contributed by atoms with Crippen LogP contribution < -0.4 is 0 Å². The minimum atomic E-state index is -1.79. The van der Waals surface area contributed by atoms with Gasteiger partial charge in [-0.25, -0.2) is 4.79 Å². The van der Waals surface area contributed by atoms with Crippen molar-refractivity contribution in [3.05, 3.63) is 0 Å². The van der Waals surface area contributed by atoms with Gasteiger partial charge in [0.15, 0.2) is 6.10 Å². The molecule has 6 nitrogen and oxygen atoms in total. The molecule has 0 aromatic carbocycles. The Morgan fingerprint density at radius 1 is 0.645 bits per heavy atom. The molecule has 0 aromatic rings. The summed E-state index contributed by atoms with van der Waals surface area (Å²) in [7, 11) is 6.89. The monoisotopic (exact) mass is 446 g/mol. The number of carbonyl (C=O) groups is 2. The molecule has 0 aromatic heterocycles. The summed E-state index contributed by atoms with van der Waals surface area (Å²) in [6.45, 7) is 3.63. The summed E-state index contributed by atoms with van der Waals surface area (Å²) < 4.78 is 1.12. The van der Waals surface area contributed by atoms with E-state index in [0.717, 1.165) is 4.48 Å². The molecule has 0 fully saturated rings. The maximum absolute atomic E-state index is 9.72. The van der Waals surface area contributed by atoms with Crippen LogP contribution in [0.3, 0.4) is 0 Å². The number of carboxylic acid groups (broad SMARTS) is 2. The van der Waals surface area contributed by atoms with Crippen molar-refractivity contribution >= 4 is 11.9 Å². The lowest BCUT2D eigenvalue weighted by Gasteiger charge is -2.23. The summed E-state index contributed by atoms with van der Waals surface area (Å²) in [6, 6.07) is 0. The van der Waals surface area contributed by atoms with E-state index in [1.165, 1.54) is 109 Å². The highest BCUT2D eigenvalue weighted by atomic mass is 16.4. The smallest absolute Gasteiger partial charge is 0.333 e. The Kier molecular flexibility index (Phi) is 22.8. The van der Waals surface area contributed by atoms with Crippen LogP contribution in [0.25, 0.3) is 0 Å². The van der Waals surface area contributed by atoms with Gasteiger partial charge in [-0.3, -0.25) is 4.79 Å². The molecule has 0 saturated carbocycles. The highest BCUT2D eigenvalue weighted by Gasteiger charge is 2.16. The van der Waals surface area contributed by atoms with Gasteiger partial charge in [0.05, 0.1) is 34.1 Å². The largest absolute Gasteiger partial charge is 0.481 e. The number of carboxylic acids is 2. The van der Waals surface area contributed by atoms with Crippen molar-refractivity contribution in [2.75, 3.05) is 27.7 Å². The quantitative estimate of drug-likeness (QED) is 0.161. The van der Waals surface area contributed by atoms with Crippen LogP contribution in [0.5, 0.6) is 0 Å². The number of aliphatic carboxylic acids is 2. The van der Waals surface area contributed by atoms with Gasteiger partial charge in [-0.1, -0.05) is 96.8 Å². The van der Waals surface area contributed by atoms with E-state index < -0.39 is 24.5 Å². The second kappa shape index (κ2) is 22.1. The normalized spacial score (nSPS) is 12.2. The van der Waals surface area contributed by atoms with Gasteiger partial charge in [0, 0.05) is 0 Å². The summed E-state index contributed by atoms with van der Waals surface area (Å²) in [6.07, 6.45) is 20.8. The summed E-state index contributed by atoms with van der Waals surface area (Å²) in [4.78, 5) is 19.4. The van der Waals surface area contributed by atoms with Crippen molar-refractivity contribution in [1.29, 1.82) is 0 Å². The summed E-state index contributed by atoms with van der Waals surface area (Å²) >= 11 is 0. The molecule has 31 heavy (non-hydrogen) atoms. The molecule has 0 aliphatic carbocycles. The molecule has 0 radical (unpaired) electrons. The number of rotatable bonds is 20. The highest BCUT2D eigenvalue weighted by molar-refractivity contribution is 5.79. The van der Waals surface area contributed by atoms with Crippen molar-refractivity contribution in [3.8, 4) is 0 Å². The van der Waals surface area contributed by atoms with Crippen molar-refractivity contribution in [2.45, 2.75) is 122 Å². The highest BCUT2D eigenvalue weighted by Crippen LogP contribution is 2.13. The summed E-state index contributed by atoms with van der Waals surface area (Å²) in [5.74, 6) is -2.85. The molecule has 0 heterocycles. The van der Waals surface area contributed by atoms with E-state index >= 15 is 0 Å². The lowest BCUT2D eigenvalue weighted by molar-refractivity contribution is -0.870. The van der Waals surface area contributed by atoms with Gasteiger partial charge in [0.2, 0.25) is 0 Å². The standard InChI is InChI=1S/C21H46N.C4H6O5/c1-5-6-7-8-9-10-11-12-13-14-15-16-17-18-19-20-21-22(2,3)4;5-2(4(8)9)1-3(6)7/h5-21H2,1-4H3;2,5H,1H2,(H,6,7)(H,8,9)/q+1;. The maximum atomic E-state index is 9.72. The predicted octanol–water partition coefficient (Wildman–Crippen LogP) is 5.86. The number of unbranched alkanes of at least 4 members (excludes halogenated alkanes) is 15. The molecular weight excluding hydrogens is 394 g/mol. The molecule has 3 N–H and O–H groups in total. The summed E-state index contributed by atoms with van der Waals surface area (Å²) in [5.41, 5.74) is 0. The zero-order valence-electron chi connectivity index (χ0n) is 20.9. The molecule has 0 rings (SSSR count). The van der Waals surface area contributed by atoms with E-state index in [-0.39, 0.29) is 0 Å². The number of aliphatic hydroxyl groups excluding tert-OH is 1. The molecule has 0 bridgehead atoms. The number of hydrogen-bond acceptors (Lipinski definition) is 3. The third-order valence-electron chi connectivity index (χ3n) is 5.34. The zero-order valence-corrected chi connectivity index (χ0v) is 20.9. The fourth-order valence-corrected chi connectivity index (χ4v) is 3.39. The first-order valence-corrected chi connectivity index (χ1v) is 12.5. The minimum absolute atomic E-state index is 0.755. The molecule has 1 unspecified atom stereocenters. The molecule has 0 aliphatic rings. The van der Waals surface area contributed by atoms with Crippen LogP contribution in [0, 0.1) is 0 Å². The van der Waals surface area contributed by atoms with Gasteiger partial charge in [0.1, 0.15) is 0 Å². The fourth-order valence-electron chi connectivity index (χ4n) is 3.39. The van der Waals surface area contributed by atoms with Gasteiger partial charge in [0.25, 0.3) is 0 Å². The van der Waals surface area contributed by atoms with Crippen molar-refractivity contribution in [2.24, 2.45) is 0 Å². The van der Waals surface area contributed by atoms with Crippen LogP contribution in [0.15, 0.2) is 0 Å². The van der Waals surface area contributed by atoms with Gasteiger partial charge < -0.3 is 19.8 Å². The predicted molar refractivity (Wildman–Crippen MR) is 128 cm³/mol. The van der Waals surface area contributed by atoms with Crippen molar-refractivity contribution in [3.63, 3.8) is 0 Å². The Bertz CT molecular complexity index is 421. The molecular formula is C25H52NO5+. The number of nitrogens with zero attached hydrogens (tertiary/aromatic N) is 1. The SMILES string of the molecule is CCCCCCCCCCCCCCCCCC[N+](C)(C)C.O=C(O)CC(O)C(=O)O. The van der Waals surface area contributed by atoms with Crippen LogP contribution in [0.1, 0.15) is 116 Å². The van der Waals surface area contributed by atoms with Crippen LogP contribution >= 0.6 is 0 Å². The molecule has 0 saturated heterocycles. The van der Waals surface area contributed by atoms with Gasteiger partial charge in [-0.15, -0.1) is 0 Å². The van der Waals surface area contributed by atoms with Crippen LogP contribution in [0.2, 0.25) is 0 Å². The van der Waals surface area contributed by atoms with E-state index in [2.05, 4.69) is 28.1 Å². The number of aliphatic hydroxyl groups is 1. The fraction of sp³-hybridized carbons (Fsp3) is 0.920. The zero-order chi connectivity index (χ0) is 24.0. The topological polar surface area (TPSA) is 94.8 Å². The van der Waals surface area contributed by atoms with Crippen LogP contribution in [0.4, 0.5) is 0 Å². The molecule has 0 aliphatic heterocycles. The Balaban J connectivity index is 0. The van der Waals surface area contributed by atoms with Crippen LogP contribution in [-0.2, 0) is 9.59 Å². The first-order valence-electron chi connectivity index (χ1n) is 12.5. The maximum Gasteiger partial charge on any atom is 0.333 e. The van der Waals surface area contributed by atoms with E-state index in [4.69, 9.17) is 15.3 Å². The molecule has 0 amide bonds. The number of quaternary nitrogens is 1. The van der Waals surface area contributed by atoms with E-state index in [1.807, 2.05) is 0 Å². The third kappa shape index (κ3) is 31.1.